The largest absolute Gasteiger partial charge is 0.482 e. The van der Waals surface area contributed by atoms with Crippen molar-refractivity contribution in [1.82, 2.24) is 14.5 Å². The fourth-order valence-electron chi connectivity index (χ4n) is 2.12. The maximum Gasteiger partial charge on any atom is 0.284 e. The van der Waals surface area contributed by atoms with E-state index in [4.69, 9.17) is 16.3 Å². The number of fused-ring (bicyclic) bond motifs is 1. The highest BCUT2D eigenvalue weighted by atomic mass is 35.5. The number of ether oxygens (including phenoxy) is 1. The number of benzene rings is 1. The maximum absolute atomic E-state index is 12.4. The highest BCUT2D eigenvalue weighted by Gasteiger charge is 2.25. The summed E-state index contributed by atoms with van der Waals surface area (Å²) in [6.07, 6.45) is 1.23. The molecule has 2 heterocycles. The predicted molar refractivity (Wildman–Crippen MR) is 83.4 cm³/mol. The van der Waals surface area contributed by atoms with E-state index in [2.05, 4.69) is 10.4 Å². The van der Waals surface area contributed by atoms with Crippen molar-refractivity contribution in [3.63, 3.8) is 0 Å². The Kier molecular flexibility index (Phi) is 3.93. The van der Waals surface area contributed by atoms with E-state index in [-0.39, 0.29) is 27.9 Å². The zero-order chi connectivity index (χ0) is 17.5. The van der Waals surface area contributed by atoms with Gasteiger partial charge >= 0.3 is 0 Å². The van der Waals surface area contributed by atoms with E-state index in [1.54, 1.807) is 0 Å². The van der Waals surface area contributed by atoms with E-state index in [0.29, 0.717) is 5.75 Å². The molecule has 1 aromatic heterocycles. The van der Waals surface area contributed by atoms with Crippen LogP contribution in [0.15, 0.2) is 29.3 Å². The van der Waals surface area contributed by atoms with Crippen LogP contribution in [0.5, 0.6) is 5.75 Å². The molecule has 126 valence electrons. The van der Waals surface area contributed by atoms with E-state index in [0.717, 1.165) is 4.68 Å². The summed E-state index contributed by atoms with van der Waals surface area (Å²) in [7, 11) is -2.72. The van der Waals surface area contributed by atoms with Gasteiger partial charge in [0.15, 0.2) is 6.61 Å². The Labute approximate surface area is 141 Å². The Morgan fingerprint density at radius 2 is 2.21 bits per heavy atom. The molecular formula is C13H11ClN4O5S. The molecule has 0 saturated heterocycles. The minimum absolute atomic E-state index is 0.0244. The molecule has 3 rings (SSSR count). The number of halogens is 1. The summed E-state index contributed by atoms with van der Waals surface area (Å²) in [5, 5.41) is 6.29. The smallest absolute Gasteiger partial charge is 0.284 e. The number of hydrogen-bond acceptors (Lipinski definition) is 6. The number of aromatic nitrogens is 2. The van der Waals surface area contributed by atoms with Crippen molar-refractivity contribution in [3.05, 3.63) is 35.1 Å². The number of hydrogen-bond donors (Lipinski definition) is 2. The zero-order valence-electron chi connectivity index (χ0n) is 12.2. The minimum atomic E-state index is -4.18. The van der Waals surface area contributed by atoms with Crippen LogP contribution >= 0.6 is 11.6 Å². The monoisotopic (exact) mass is 370 g/mol. The highest BCUT2D eigenvalue weighted by Crippen LogP contribution is 2.30. The van der Waals surface area contributed by atoms with Crippen LogP contribution in [0.3, 0.4) is 0 Å². The molecule has 9 nitrogen and oxygen atoms in total. The van der Waals surface area contributed by atoms with Gasteiger partial charge in [-0.15, -0.1) is 0 Å². The Morgan fingerprint density at radius 3 is 2.88 bits per heavy atom. The van der Waals surface area contributed by atoms with Crippen LogP contribution < -0.4 is 14.8 Å². The standard InChI is InChI=1S/C13H11ClN4O5S/c1-18-12(8(14)5-15-18)13(20)17-24(21,22)7-2-3-10-9(4-7)16-11(19)6-23-10/h2-5H,6H2,1H3,(H,16,19)(H,17,20). The fourth-order valence-corrected chi connectivity index (χ4v) is 3.36. The highest BCUT2D eigenvalue weighted by molar-refractivity contribution is 7.90. The third-order valence-corrected chi connectivity index (χ3v) is 4.84. The van der Waals surface area contributed by atoms with Crippen molar-refractivity contribution < 1.29 is 22.7 Å². The van der Waals surface area contributed by atoms with Crippen LogP contribution in [-0.4, -0.2) is 36.6 Å². The first-order chi connectivity index (χ1) is 11.3. The van der Waals surface area contributed by atoms with Gasteiger partial charge in [0.25, 0.3) is 21.8 Å². The number of rotatable bonds is 3. The van der Waals surface area contributed by atoms with Gasteiger partial charge in [-0.2, -0.15) is 5.10 Å². The first kappa shape index (κ1) is 16.3. The number of carbonyl (C=O) groups excluding carboxylic acids is 2. The first-order valence-electron chi connectivity index (χ1n) is 6.59. The number of anilines is 1. The van der Waals surface area contributed by atoms with Gasteiger partial charge in [-0.25, -0.2) is 13.1 Å². The summed E-state index contributed by atoms with van der Waals surface area (Å²) >= 11 is 5.82. The Balaban J connectivity index is 1.90. The normalized spacial score (nSPS) is 13.7. The van der Waals surface area contributed by atoms with E-state index in [9.17, 15) is 18.0 Å². The molecule has 1 aromatic carbocycles. The molecule has 0 spiro atoms. The average Bonchev–Trinajstić information content (AvgIpc) is 2.85. The molecule has 2 amide bonds. The molecule has 2 aromatic rings. The number of nitrogens with one attached hydrogen (secondary N) is 2. The second kappa shape index (κ2) is 5.80. The average molecular weight is 371 g/mol. The predicted octanol–water partition coefficient (Wildman–Crippen LogP) is 0.523. The maximum atomic E-state index is 12.4. The van der Waals surface area contributed by atoms with Crippen molar-refractivity contribution in [2.24, 2.45) is 7.05 Å². The van der Waals surface area contributed by atoms with E-state index in [1.807, 2.05) is 4.72 Å². The molecule has 0 unspecified atom stereocenters. The van der Waals surface area contributed by atoms with Gasteiger partial charge in [-0.3, -0.25) is 14.3 Å². The van der Waals surface area contributed by atoms with Gasteiger partial charge < -0.3 is 10.1 Å². The minimum Gasteiger partial charge on any atom is -0.482 e. The van der Waals surface area contributed by atoms with Crippen LogP contribution in [0.2, 0.25) is 5.02 Å². The molecule has 0 aliphatic carbocycles. The summed E-state index contributed by atoms with van der Waals surface area (Å²) in [4.78, 5) is 23.3. The Hall–Kier alpha value is -2.59. The summed E-state index contributed by atoms with van der Waals surface area (Å²) in [5.41, 5.74) is 0.120. The van der Waals surface area contributed by atoms with Gasteiger partial charge in [0.2, 0.25) is 0 Å². The van der Waals surface area contributed by atoms with E-state index < -0.39 is 21.8 Å². The lowest BCUT2D eigenvalue weighted by Crippen LogP contribution is -2.32. The molecule has 24 heavy (non-hydrogen) atoms. The van der Waals surface area contributed by atoms with Crippen LogP contribution in [0, 0.1) is 0 Å². The molecule has 1 aliphatic rings. The lowest BCUT2D eigenvalue weighted by Gasteiger charge is -2.18. The second-order valence-corrected chi connectivity index (χ2v) is 6.98. The van der Waals surface area contributed by atoms with Gasteiger partial charge in [0.1, 0.15) is 11.4 Å². The lowest BCUT2D eigenvalue weighted by molar-refractivity contribution is -0.118. The third-order valence-electron chi connectivity index (χ3n) is 3.23. The number of nitrogens with zero attached hydrogens (tertiary/aromatic N) is 2. The SMILES string of the molecule is Cn1ncc(Cl)c1C(=O)NS(=O)(=O)c1ccc2c(c1)NC(=O)CO2. The van der Waals surface area contributed by atoms with Crippen LogP contribution in [0.1, 0.15) is 10.5 Å². The Morgan fingerprint density at radius 1 is 1.46 bits per heavy atom. The molecule has 0 bridgehead atoms. The van der Waals surface area contributed by atoms with Crippen LogP contribution in [0.25, 0.3) is 0 Å². The molecule has 0 fully saturated rings. The van der Waals surface area contributed by atoms with Crippen molar-refractivity contribution >= 4 is 39.1 Å². The van der Waals surface area contributed by atoms with Gasteiger partial charge in [0.05, 0.1) is 21.8 Å². The lowest BCUT2D eigenvalue weighted by atomic mass is 10.2. The van der Waals surface area contributed by atoms with Crippen LogP contribution in [0.4, 0.5) is 5.69 Å². The number of amides is 2. The van der Waals surface area contributed by atoms with Crippen molar-refractivity contribution in [1.29, 1.82) is 0 Å². The molecule has 11 heteroatoms. The molecule has 0 saturated carbocycles. The summed E-state index contributed by atoms with van der Waals surface area (Å²) in [6, 6.07) is 3.86. The molecule has 1 aliphatic heterocycles. The second-order valence-electron chi connectivity index (χ2n) is 4.89. The van der Waals surface area contributed by atoms with Gasteiger partial charge in [-0.05, 0) is 18.2 Å². The van der Waals surface area contributed by atoms with Crippen molar-refractivity contribution in [3.8, 4) is 5.75 Å². The summed E-state index contributed by atoms with van der Waals surface area (Å²) < 4.78 is 33.0. The number of sulfonamides is 1. The zero-order valence-corrected chi connectivity index (χ0v) is 13.8. The summed E-state index contributed by atoms with van der Waals surface area (Å²) in [5.74, 6) is -0.977. The van der Waals surface area contributed by atoms with E-state index >= 15 is 0 Å². The third kappa shape index (κ3) is 2.93. The number of carbonyl (C=O) groups is 2. The number of aryl methyl sites for hydroxylation is 1. The van der Waals surface area contributed by atoms with Gasteiger partial charge in [-0.1, -0.05) is 11.6 Å². The van der Waals surface area contributed by atoms with Crippen molar-refractivity contribution in [2.45, 2.75) is 4.90 Å². The van der Waals surface area contributed by atoms with Gasteiger partial charge in [0, 0.05) is 7.05 Å². The van der Waals surface area contributed by atoms with Crippen molar-refractivity contribution in [2.75, 3.05) is 11.9 Å². The molecule has 0 atom stereocenters. The first-order valence-corrected chi connectivity index (χ1v) is 8.45. The molecule has 2 N–H and O–H groups in total. The quantitative estimate of drug-likeness (QED) is 0.813. The fraction of sp³-hybridized carbons (Fsp3) is 0.154. The van der Waals surface area contributed by atoms with Crippen LogP contribution in [-0.2, 0) is 21.9 Å². The molecule has 0 radical (unpaired) electrons. The summed E-state index contributed by atoms with van der Waals surface area (Å²) in [6.45, 7) is -0.144. The topological polar surface area (TPSA) is 119 Å². The van der Waals surface area contributed by atoms with E-state index in [1.165, 1.54) is 31.4 Å². The molecular weight excluding hydrogens is 360 g/mol. The Bertz CT molecular complexity index is 934.